The van der Waals surface area contributed by atoms with Gasteiger partial charge < -0.3 is 99.5 Å². The second kappa shape index (κ2) is 16.3. The Morgan fingerprint density at radius 1 is 0.618 bits per heavy atom. The lowest BCUT2D eigenvalue weighted by molar-refractivity contribution is -0.318. The number of phenols is 3. The van der Waals surface area contributed by atoms with Crippen LogP contribution in [-0.4, -0.2) is 179 Å². The number of hydrogen-bond acceptors (Lipinski definition) is 20. The standard InChI is InChI=1S/C34H42O21/c1-10-21(38)25(42)28(45)32(50-10)49-9-20-24(41)27(44)30(47)34(55-20)53-18-7-13-15(51-31(18)11-3-14(37)22(39)17(4-11)48-2)5-12(36)6-16(13)52-33-29(46)26(43)23(40)19(8-35)54-33/h3-7,10,19-21,23-30,32-35,38,40-47H,8-9H2,1-2H3,(H2-,36,37,39)/p+1/t10?,19?,20?,21-,23+,24+,25-,26-,27?,28?,29?,30?,32+,33+,34+/m0/s1. The van der Waals surface area contributed by atoms with Crippen LogP contribution in [0.2, 0.25) is 0 Å². The van der Waals surface area contributed by atoms with E-state index in [4.69, 9.17) is 37.6 Å². The predicted octanol–water partition coefficient (Wildman–Crippen LogP) is -3.28. The van der Waals surface area contributed by atoms with E-state index in [9.17, 15) is 66.4 Å². The molecule has 3 aliphatic heterocycles. The SMILES string of the molecule is COc1cc(-c2[o+]c3cc(O)cc(O[C@@H]4OC(CO)[C@@H](O)[C@H](O)C4O)c3cc2O[C@@H]2OC(CO[C@@H]3OC(C)[C@H](O)[C@H](O)C3O)[C@@H](O)C(O)C2O)cc(O)c1O. The highest BCUT2D eigenvalue weighted by atomic mass is 16.7. The first-order valence-electron chi connectivity index (χ1n) is 16.9. The van der Waals surface area contributed by atoms with E-state index in [2.05, 4.69) is 0 Å². The zero-order chi connectivity index (χ0) is 40.0. The molecule has 304 valence electrons. The van der Waals surface area contributed by atoms with Gasteiger partial charge in [0, 0.05) is 24.3 Å². The molecule has 6 rings (SSSR count). The van der Waals surface area contributed by atoms with Gasteiger partial charge in [0.1, 0.15) is 84.0 Å². The third-order valence-corrected chi connectivity index (χ3v) is 9.57. The van der Waals surface area contributed by atoms with Gasteiger partial charge in [-0.05, 0) is 6.92 Å². The first kappa shape index (κ1) is 40.7. The van der Waals surface area contributed by atoms with Crippen molar-refractivity contribution in [3.63, 3.8) is 0 Å². The molecule has 0 saturated carbocycles. The molecule has 1 aromatic heterocycles. The summed E-state index contributed by atoms with van der Waals surface area (Å²) in [5, 5.41) is 135. The highest BCUT2D eigenvalue weighted by Gasteiger charge is 2.49. The van der Waals surface area contributed by atoms with Crippen molar-refractivity contribution in [3.8, 4) is 45.8 Å². The summed E-state index contributed by atoms with van der Waals surface area (Å²) in [6.45, 7) is 0.0415. The van der Waals surface area contributed by atoms with Crippen LogP contribution in [0.5, 0.6) is 34.5 Å². The molecule has 21 heteroatoms. The zero-order valence-corrected chi connectivity index (χ0v) is 29.0. The molecule has 0 spiro atoms. The lowest BCUT2D eigenvalue weighted by Gasteiger charge is -2.42. The number of methoxy groups -OCH3 is 1. The van der Waals surface area contributed by atoms with Crippen LogP contribution in [0.15, 0.2) is 34.7 Å². The molecule has 3 aromatic rings. The molecule has 0 bridgehead atoms. The number of phenolic OH excluding ortho intramolecular Hbond substituents is 3. The largest absolute Gasteiger partial charge is 0.507 e. The lowest BCUT2D eigenvalue weighted by Crippen LogP contribution is -2.61. The molecule has 3 saturated heterocycles. The molecule has 55 heavy (non-hydrogen) atoms. The number of aliphatic hydroxyl groups is 10. The number of ether oxygens (including phenoxy) is 7. The van der Waals surface area contributed by atoms with Gasteiger partial charge in [-0.1, -0.05) is 0 Å². The Labute approximate surface area is 310 Å². The molecule has 0 aliphatic carbocycles. The van der Waals surface area contributed by atoms with E-state index in [-0.39, 0.29) is 39.5 Å². The van der Waals surface area contributed by atoms with E-state index >= 15 is 0 Å². The summed E-state index contributed by atoms with van der Waals surface area (Å²) in [5.41, 5.74) is -0.166. The van der Waals surface area contributed by atoms with Crippen molar-refractivity contribution in [3.05, 3.63) is 30.3 Å². The van der Waals surface area contributed by atoms with Crippen molar-refractivity contribution in [2.45, 2.75) is 99.0 Å². The summed E-state index contributed by atoms with van der Waals surface area (Å²) < 4.78 is 45.3. The summed E-state index contributed by atoms with van der Waals surface area (Å²) in [6.07, 6.45) is -24.7. The monoisotopic (exact) mass is 787 g/mol. The van der Waals surface area contributed by atoms with Crippen LogP contribution >= 0.6 is 0 Å². The van der Waals surface area contributed by atoms with E-state index < -0.39 is 123 Å². The van der Waals surface area contributed by atoms with Crippen molar-refractivity contribution >= 4 is 11.0 Å². The second-order valence-corrected chi connectivity index (χ2v) is 13.3. The van der Waals surface area contributed by atoms with Gasteiger partial charge in [0.2, 0.25) is 24.1 Å². The van der Waals surface area contributed by atoms with E-state index in [0.717, 1.165) is 18.2 Å². The Bertz CT molecular complexity index is 1810. The van der Waals surface area contributed by atoms with Gasteiger partial charge in [-0.3, -0.25) is 0 Å². The molecule has 0 amide bonds. The predicted molar refractivity (Wildman–Crippen MR) is 178 cm³/mol. The molecule has 13 N–H and O–H groups in total. The number of benzene rings is 2. The van der Waals surface area contributed by atoms with Gasteiger partial charge in [0.15, 0.2) is 17.8 Å². The molecular weight excluding hydrogens is 744 g/mol. The van der Waals surface area contributed by atoms with Crippen LogP contribution in [0.1, 0.15) is 6.92 Å². The highest BCUT2D eigenvalue weighted by molar-refractivity contribution is 5.89. The average molecular weight is 788 g/mol. The number of aliphatic hydroxyl groups excluding tert-OH is 10. The van der Waals surface area contributed by atoms with E-state index in [1.54, 1.807) is 0 Å². The highest BCUT2D eigenvalue weighted by Crippen LogP contribution is 2.46. The van der Waals surface area contributed by atoms with E-state index in [0.29, 0.717) is 0 Å². The number of fused-ring (bicyclic) bond motifs is 1. The van der Waals surface area contributed by atoms with Gasteiger partial charge in [0.25, 0.3) is 0 Å². The first-order chi connectivity index (χ1) is 26.0. The summed E-state index contributed by atoms with van der Waals surface area (Å²) in [5.74, 6) is -2.84. The minimum atomic E-state index is -1.96. The van der Waals surface area contributed by atoms with Gasteiger partial charge in [-0.25, -0.2) is 4.42 Å². The molecule has 15 atom stereocenters. The fourth-order valence-corrected chi connectivity index (χ4v) is 6.34. The van der Waals surface area contributed by atoms with Crippen LogP contribution in [0.25, 0.3) is 22.3 Å². The summed E-state index contributed by atoms with van der Waals surface area (Å²) in [6, 6.07) is 5.71. The van der Waals surface area contributed by atoms with Gasteiger partial charge in [-0.15, -0.1) is 0 Å². The number of rotatable bonds is 10. The summed E-state index contributed by atoms with van der Waals surface area (Å²) in [4.78, 5) is 0. The molecular formula is C34H43O21+. The Kier molecular flexibility index (Phi) is 12.1. The van der Waals surface area contributed by atoms with Crippen LogP contribution < -0.4 is 14.2 Å². The van der Waals surface area contributed by atoms with Crippen molar-refractivity contribution in [2.24, 2.45) is 0 Å². The Morgan fingerprint density at radius 3 is 1.84 bits per heavy atom. The average Bonchev–Trinajstić information content (AvgIpc) is 3.16. The lowest BCUT2D eigenvalue weighted by atomic mass is 9.98. The maximum Gasteiger partial charge on any atom is 0.402 e. The van der Waals surface area contributed by atoms with Gasteiger partial charge in [-0.2, -0.15) is 0 Å². The van der Waals surface area contributed by atoms with E-state index in [1.807, 2.05) is 0 Å². The van der Waals surface area contributed by atoms with Crippen LogP contribution in [0, 0.1) is 0 Å². The Morgan fingerprint density at radius 2 is 1.20 bits per heavy atom. The molecule has 3 fully saturated rings. The third kappa shape index (κ3) is 7.90. The van der Waals surface area contributed by atoms with Crippen molar-refractivity contribution in [1.29, 1.82) is 0 Å². The number of hydrogen-bond donors (Lipinski definition) is 13. The summed E-state index contributed by atoms with van der Waals surface area (Å²) in [7, 11) is 1.20. The van der Waals surface area contributed by atoms with Crippen molar-refractivity contribution < 1.29 is 104 Å². The fraction of sp³-hybridized carbons (Fsp3) is 0.559. The van der Waals surface area contributed by atoms with Gasteiger partial charge in [0.05, 0.1) is 38.1 Å². The Hall–Kier alpha value is -3.91. The topological polar surface area (TPSA) is 339 Å². The number of aromatic hydroxyl groups is 3. The molecule has 21 nitrogen and oxygen atoms in total. The second-order valence-electron chi connectivity index (χ2n) is 13.3. The first-order valence-corrected chi connectivity index (χ1v) is 16.9. The van der Waals surface area contributed by atoms with Gasteiger partial charge >= 0.3 is 11.3 Å². The van der Waals surface area contributed by atoms with Crippen LogP contribution in [0.4, 0.5) is 0 Å². The Balaban J connectivity index is 1.37. The minimum absolute atomic E-state index is 0.0205. The third-order valence-electron chi connectivity index (χ3n) is 9.57. The smallest absolute Gasteiger partial charge is 0.402 e. The maximum atomic E-state index is 11.0. The quantitative estimate of drug-likeness (QED) is 0.0707. The zero-order valence-electron chi connectivity index (χ0n) is 29.0. The normalized spacial score (nSPS) is 36.8. The summed E-state index contributed by atoms with van der Waals surface area (Å²) >= 11 is 0. The van der Waals surface area contributed by atoms with Crippen molar-refractivity contribution in [2.75, 3.05) is 20.3 Å². The van der Waals surface area contributed by atoms with Crippen LogP contribution in [0.3, 0.4) is 0 Å². The molecule has 0 radical (unpaired) electrons. The maximum absolute atomic E-state index is 11.0. The van der Waals surface area contributed by atoms with E-state index in [1.165, 1.54) is 26.2 Å². The minimum Gasteiger partial charge on any atom is -0.507 e. The van der Waals surface area contributed by atoms with Crippen LogP contribution in [-0.2, 0) is 18.9 Å². The molecule has 4 heterocycles. The molecule has 2 aromatic carbocycles. The molecule has 3 aliphatic rings. The fourth-order valence-electron chi connectivity index (χ4n) is 6.34. The van der Waals surface area contributed by atoms with Crippen molar-refractivity contribution in [1.82, 2.24) is 0 Å². The molecule has 7 unspecified atom stereocenters.